The number of carbonyl (C=O) groups is 3. The van der Waals surface area contributed by atoms with Crippen molar-refractivity contribution in [2.75, 3.05) is 11.4 Å². The molecule has 3 aliphatic carbocycles. The molecule has 1 aliphatic heterocycles. The molecule has 1 saturated heterocycles. The number of imide groups is 1. The van der Waals surface area contributed by atoms with Crippen LogP contribution in [0.25, 0.3) is 0 Å². The van der Waals surface area contributed by atoms with Gasteiger partial charge in [0, 0.05) is 12.1 Å². The molecule has 29 heavy (non-hydrogen) atoms. The Hall–Kier alpha value is -2.69. The van der Waals surface area contributed by atoms with Gasteiger partial charge in [0.1, 0.15) is 0 Å². The smallest absolute Gasteiger partial charge is 0.251 e. The topological polar surface area (TPSA) is 66.5 Å². The van der Waals surface area contributed by atoms with Gasteiger partial charge < -0.3 is 5.32 Å². The summed E-state index contributed by atoms with van der Waals surface area (Å²) in [6.07, 6.45) is 13.0. The number of fused-ring (bicyclic) bond motifs is 5. The molecule has 1 aromatic rings. The third-order valence-electron chi connectivity index (χ3n) is 6.95. The molecule has 4 unspecified atom stereocenters. The standard InChI is InChI=1S/C24H26N2O3/c27-22(25-12-11-15-5-2-1-3-6-15)18-7-4-8-19(14-18)26-23(28)20-16-9-10-17(13-16)21(20)24(26)29/h4-5,7-10,14,16-17,20-21H,1-3,6,11-13H2,(H,25,27). The van der Waals surface area contributed by atoms with Gasteiger partial charge in [0.25, 0.3) is 5.91 Å². The SMILES string of the molecule is O=C(NCCC1=CCCCC1)c1cccc(N2C(=O)C3C4C=CC(C4)C3C2=O)c1. The Labute approximate surface area is 170 Å². The zero-order valence-electron chi connectivity index (χ0n) is 16.5. The Morgan fingerprint density at radius 1 is 1.07 bits per heavy atom. The summed E-state index contributed by atoms with van der Waals surface area (Å²) in [5.74, 6) is -0.460. The molecule has 1 heterocycles. The number of nitrogens with one attached hydrogen (secondary N) is 1. The van der Waals surface area contributed by atoms with E-state index in [1.165, 1.54) is 23.3 Å². The van der Waals surface area contributed by atoms with Crippen LogP contribution >= 0.6 is 0 Å². The van der Waals surface area contributed by atoms with E-state index in [2.05, 4.69) is 23.5 Å². The highest BCUT2D eigenvalue weighted by Gasteiger charge is 2.59. The predicted molar refractivity (Wildman–Crippen MR) is 110 cm³/mol. The highest BCUT2D eigenvalue weighted by atomic mass is 16.2. The van der Waals surface area contributed by atoms with Crippen molar-refractivity contribution >= 4 is 23.4 Å². The van der Waals surface area contributed by atoms with Gasteiger partial charge in [-0.05, 0) is 68.6 Å². The molecule has 150 valence electrons. The highest BCUT2D eigenvalue weighted by Crippen LogP contribution is 2.53. The van der Waals surface area contributed by atoms with Crippen molar-refractivity contribution in [3.8, 4) is 0 Å². The van der Waals surface area contributed by atoms with Crippen molar-refractivity contribution in [1.29, 1.82) is 0 Å². The summed E-state index contributed by atoms with van der Waals surface area (Å²) in [6.45, 7) is 0.607. The summed E-state index contributed by atoms with van der Waals surface area (Å²) in [5.41, 5.74) is 2.42. The number of allylic oxidation sites excluding steroid dienone is 3. The number of rotatable bonds is 5. The Morgan fingerprint density at radius 3 is 2.52 bits per heavy atom. The first-order chi connectivity index (χ1) is 14.1. The first kappa shape index (κ1) is 18.3. The highest BCUT2D eigenvalue weighted by molar-refractivity contribution is 6.23. The second kappa shape index (κ2) is 7.29. The molecule has 0 spiro atoms. The Bertz CT molecular complexity index is 902. The molecule has 0 radical (unpaired) electrons. The van der Waals surface area contributed by atoms with Gasteiger partial charge in [0.05, 0.1) is 17.5 Å². The Kier molecular flexibility index (Phi) is 4.61. The molecule has 4 atom stereocenters. The van der Waals surface area contributed by atoms with Gasteiger partial charge in [-0.2, -0.15) is 0 Å². The predicted octanol–water partition coefficient (Wildman–Crippen LogP) is 3.62. The fourth-order valence-electron chi connectivity index (χ4n) is 5.51. The van der Waals surface area contributed by atoms with Crippen molar-refractivity contribution in [2.45, 2.75) is 38.5 Å². The van der Waals surface area contributed by atoms with Crippen molar-refractivity contribution in [2.24, 2.45) is 23.7 Å². The van der Waals surface area contributed by atoms with E-state index in [1.54, 1.807) is 24.3 Å². The molecule has 0 aromatic heterocycles. The van der Waals surface area contributed by atoms with Crippen LogP contribution in [0.5, 0.6) is 0 Å². The maximum Gasteiger partial charge on any atom is 0.251 e. The second-order valence-electron chi connectivity index (χ2n) is 8.68. The summed E-state index contributed by atoms with van der Waals surface area (Å²) < 4.78 is 0. The summed E-state index contributed by atoms with van der Waals surface area (Å²) in [4.78, 5) is 39.9. The van der Waals surface area contributed by atoms with E-state index in [0.717, 1.165) is 25.7 Å². The van der Waals surface area contributed by atoms with Gasteiger partial charge in [0.15, 0.2) is 0 Å². The fourth-order valence-corrected chi connectivity index (χ4v) is 5.51. The van der Waals surface area contributed by atoms with E-state index in [9.17, 15) is 14.4 Å². The normalized spacial score (nSPS) is 29.9. The van der Waals surface area contributed by atoms with E-state index in [4.69, 9.17) is 0 Å². The molecule has 5 rings (SSSR count). The van der Waals surface area contributed by atoms with Crippen molar-refractivity contribution in [3.05, 3.63) is 53.6 Å². The molecule has 5 heteroatoms. The lowest BCUT2D eigenvalue weighted by molar-refractivity contribution is -0.123. The van der Waals surface area contributed by atoms with Gasteiger partial charge >= 0.3 is 0 Å². The van der Waals surface area contributed by atoms with Gasteiger partial charge in [-0.15, -0.1) is 0 Å². The van der Waals surface area contributed by atoms with Crippen LogP contribution in [0, 0.1) is 23.7 Å². The number of carbonyl (C=O) groups excluding carboxylic acids is 3. The number of hydrogen-bond acceptors (Lipinski definition) is 3. The third kappa shape index (κ3) is 3.13. The maximum atomic E-state index is 13.0. The number of anilines is 1. The molecule has 1 aromatic carbocycles. The lowest BCUT2D eigenvalue weighted by atomic mass is 9.85. The van der Waals surface area contributed by atoms with Crippen LogP contribution < -0.4 is 10.2 Å². The van der Waals surface area contributed by atoms with E-state index in [0.29, 0.717) is 17.8 Å². The van der Waals surface area contributed by atoms with Crippen LogP contribution in [0.3, 0.4) is 0 Å². The zero-order valence-corrected chi connectivity index (χ0v) is 16.5. The van der Waals surface area contributed by atoms with E-state index in [1.807, 2.05) is 0 Å². The van der Waals surface area contributed by atoms with E-state index < -0.39 is 0 Å². The van der Waals surface area contributed by atoms with Gasteiger partial charge in [-0.3, -0.25) is 14.4 Å². The van der Waals surface area contributed by atoms with Crippen LogP contribution in [0.4, 0.5) is 5.69 Å². The third-order valence-corrected chi connectivity index (χ3v) is 6.95. The summed E-state index contributed by atoms with van der Waals surface area (Å²) in [6, 6.07) is 6.89. The number of benzene rings is 1. The molecule has 1 saturated carbocycles. The van der Waals surface area contributed by atoms with Crippen LogP contribution in [-0.4, -0.2) is 24.3 Å². The first-order valence-electron chi connectivity index (χ1n) is 10.8. The van der Waals surface area contributed by atoms with Crippen LogP contribution in [0.2, 0.25) is 0 Å². The monoisotopic (exact) mass is 390 g/mol. The van der Waals surface area contributed by atoms with E-state index in [-0.39, 0.29) is 41.4 Å². The van der Waals surface area contributed by atoms with Crippen LogP contribution in [0.15, 0.2) is 48.1 Å². The summed E-state index contributed by atoms with van der Waals surface area (Å²) in [7, 11) is 0. The Balaban J connectivity index is 1.27. The number of amides is 3. The second-order valence-corrected chi connectivity index (χ2v) is 8.68. The minimum absolute atomic E-state index is 0.112. The molecular weight excluding hydrogens is 364 g/mol. The molecule has 2 bridgehead atoms. The minimum atomic E-state index is -0.223. The molecule has 5 nitrogen and oxygen atoms in total. The quantitative estimate of drug-likeness (QED) is 0.617. The molecule has 3 amide bonds. The van der Waals surface area contributed by atoms with Crippen molar-refractivity contribution < 1.29 is 14.4 Å². The number of nitrogens with zero attached hydrogens (tertiary/aromatic N) is 1. The van der Waals surface area contributed by atoms with E-state index >= 15 is 0 Å². The minimum Gasteiger partial charge on any atom is -0.352 e. The van der Waals surface area contributed by atoms with Gasteiger partial charge in [-0.1, -0.05) is 29.9 Å². The fraction of sp³-hybridized carbons (Fsp3) is 0.458. The summed E-state index contributed by atoms with van der Waals surface area (Å²) >= 11 is 0. The van der Waals surface area contributed by atoms with Crippen molar-refractivity contribution in [1.82, 2.24) is 5.32 Å². The average Bonchev–Trinajstić information content (AvgIpc) is 3.42. The maximum absolute atomic E-state index is 13.0. The summed E-state index contributed by atoms with van der Waals surface area (Å²) in [5, 5.41) is 2.97. The van der Waals surface area contributed by atoms with Crippen LogP contribution in [-0.2, 0) is 9.59 Å². The average molecular weight is 390 g/mol. The van der Waals surface area contributed by atoms with Crippen molar-refractivity contribution in [3.63, 3.8) is 0 Å². The largest absolute Gasteiger partial charge is 0.352 e. The molecule has 2 fully saturated rings. The Morgan fingerprint density at radius 2 is 1.83 bits per heavy atom. The lowest BCUT2D eigenvalue weighted by Crippen LogP contribution is -2.33. The van der Waals surface area contributed by atoms with Crippen LogP contribution in [0.1, 0.15) is 48.9 Å². The molecule has 1 N–H and O–H groups in total. The van der Waals surface area contributed by atoms with Gasteiger partial charge in [0.2, 0.25) is 11.8 Å². The van der Waals surface area contributed by atoms with Gasteiger partial charge in [-0.25, -0.2) is 4.90 Å². The zero-order chi connectivity index (χ0) is 20.0. The molecular formula is C24H26N2O3. The number of hydrogen-bond donors (Lipinski definition) is 1. The lowest BCUT2D eigenvalue weighted by Gasteiger charge is -2.18. The molecule has 4 aliphatic rings. The first-order valence-corrected chi connectivity index (χ1v) is 10.8.